The number of carbonyl (C=O) groups is 1. The van der Waals surface area contributed by atoms with Crippen molar-refractivity contribution < 1.29 is 14.3 Å². The van der Waals surface area contributed by atoms with Gasteiger partial charge in [0.15, 0.2) is 5.75 Å². The van der Waals surface area contributed by atoms with Gasteiger partial charge in [0.05, 0.1) is 10.0 Å². The largest absolute Gasteiger partial charge is 0.422 e. The molecule has 0 unspecified atom stereocenters. The highest BCUT2D eigenvalue weighted by Crippen LogP contribution is 2.32. The number of benzene rings is 1. The molecule has 0 aliphatic heterocycles. The van der Waals surface area contributed by atoms with E-state index >= 15 is 0 Å². The summed E-state index contributed by atoms with van der Waals surface area (Å²) in [5, 5.41) is 0.587. The number of hydrogen-bond donors (Lipinski definition) is 0. The first kappa shape index (κ1) is 11.3. The Kier molecular flexibility index (Phi) is 4.20. The van der Waals surface area contributed by atoms with Crippen LogP contribution in [0.1, 0.15) is 0 Å². The Morgan fingerprint density at radius 3 is 2.43 bits per heavy atom. The van der Waals surface area contributed by atoms with Crippen molar-refractivity contribution in [3.8, 4) is 5.75 Å². The first-order chi connectivity index (χ1) is 6.65. The van der Waals surface area contributed by atoms with Crippen molar-refractivity contribution >= 4 is 29.2 Å². The van der Waals surface area contributed by atoms with Crippen molar-refractivity contribution in [1.29, 1.82) is 0 Å². The predicted octanol–water partition coefficient (Wildman–Crippen LogP) is 2.55. The van der Waals surface area contributed by atoms with Crippen LogP contribution in [0.5, 0.6) is 5.75 Å². The maximum atomic E-state index is 11.1. The summed E-state index contributed by atoms with van der Waals surface area (Å²) in [7, 11) is 1.40. The maximum absolute atomic E-state index is 11.1. The fraction of sp³-hybridized carbons (Fsp3) is 0.222. The molecule has 0 amide bonds. The Bertz CT molecular complexity index is 319. The van der Waals surface area contributed by atoms with E-state index in [-0.39, 0.29) is 12.4 Å². The van der Waals surface area contributed by atoms with Crippen molar-refractivity contribution in [1.82, 2.24) is 0 Å². The molecule has 14 heavy (non-hydrogen) atoms. The topological polar surface area (TPSA) is 35.5 Å². The van der Waals surface area contributed by atoms with Crippen LogP contribution in [-0.4, -0.2) is 19.7 Å². The van der Waals surface area contributed by atoms with E-state index in [4.69, 9.17) is 27.9 Å². The second-order valence-electron chi connectivity index (χ2n) is 2.46. The molecule has 5 heteroatoms. The molecule has 0 heterocycles. The molecule has 0 aliphatic carbocycles. The molecule has 0 aromatic heterocycles. The van der Waals surface area contributed by atoms with Gasteiger partial charge in [0.1, 0.15) is 6.61 Å². The second kappa shape index (κ2) is 5.20. The molecule has 1 aromatic rings. The van der Waals surface area contributed by atoms with Crippen molar-refractivity contribution in [2.24, 2.45) is 0 Å². The predicted molar refractivity (Wildman–Crippen MR) is 54.0 cm³/mol. The maximum Gasteiger partial charge on any atom is 0.337 e. The molecule has 3 nitrogen and oxygen atoms in total. The number of hydrogen-bond acceptors (Lipinski definition) is 3. The average Bonchev–Trinajstić information content (AvgIpc) is 2.12. The average molecular weight is 235 g/mol. The zero-order chi connectivity index (χ0) is 10.6. The van der Waals surface area contributed by atoms with Crippen molar-refractivity contribution in [2.45, 2.75) is 0 Å². The molecular weight excluding hydrogens is 227 g/mol. The van der Waals surface area contributed by atoms with E-state index in [1.807, 2.05) is 0 Å². The number of rotatable bonds is 3. The van der Waals surface area contributed by atoms with Gasteiger partial charge in [-0.3, -0.25) is 0 Å². The zero-order valence-corrected chi connectivity index (χ0v) is 8.93. The Balaban J connectivity index is 2.80. The molecule has 0 N–H and O–H groups in total. The van der Waals surface area contributed by atoms with Gasteiger partial charge in [0.2, 0.25) is 0 Å². The minimum absolute atomic E-state index is 0.137. The van der Waals surface area contributed by atoms with E-state index < -0.39 is 5.97 Å². The summed E-state index contributed by atoms with van der Waals surface area (Å²) < 4.78 is 9.48. The minimum atomic E-state index is -0.539. The SMILES string of the molecule is COCC(=O)Oc1c(Cl)cccc1Cl. The van der Waals surface area contributed by atoms with Crippen LogP contribution in [0.25, 0.3) is 0 Å². The van der Waals surface area contributed by atoms with Gasteiger partial charge >= 0.3 is 5.97 Å². The van der Waals surface area contributed by atoms with Gasteiger partial charge in [-0.1, -0.05) is 29.3 Å². The lowest BCUT2D eigenvalue weighted by Crippen LogP contribution is -2.14. The Morgan fingerprint density at radius 2 is 1.93 bits per heavy atom. The second-order valence-corrected chi connectivity index (χ2v) is 3.27. The van der Waals surface area contributed by atoms with Crippen LogP contribution >= 0.6 is 23.2 Å². The first-order valence-electron chi connectivity index (χ1n) is 3.78. The molecule has 0 saturated heterocycles. The van der Waals surface area contributed by atoms with Gasteiger partial charge in [-0.2, -0.15) is 0 Å². The van der Waals surface area contributed by atoms with E-state index in [1.54, 1.807) is 18.2 Å². The molecule has 0 fully saturated rings. The third-order valence-corrected chi connectivity index (χ3v) is 1.99. The number of methoxy groups -OCH3 is 1. The standard InChI is InChI=1S/C9H8Cl2O3/c1-13-5-8(12)14-9-6(10)3-2-4-7(9)11/h2-4H,5H2,1H3. The molecule has 0 bridgehead atoms. The lowest BCUT2D eigenvalue weighted by Gasteiger charge is -2.06. The third-order valence-electron chi connectivity index (χ3n) is 1.40. The van der Waals surface area contributed by atoms with Gasteiger partial charge in [-0.25, -0.2) is 4.79 Å². The van der Waals surface area contributed by atoms with E-state index in [0.29, 0.717) is 10.0 Å². The van der Waals surface area contributed by atoms with E-state index in [9.17, 15) is 4.79 Å². The summed E-state index contributed by atoms with van der Waals surface area (Å²) in [4.78, 5) is 11.1. The van der Waals surface area contributed by atoms with Crippen molar-refractivity contribution in [2.75, 3.05) is 13.7 Å². The fourth-order valence-electron chi connectivity index (χ4n) is 0.841. The van der Waals surface area contributed by atoms with Crippen LogP contribution in [0.3, 0.4) is 0 Å². The van der Waals surface area contributed by atoms with Gasteiger partial charge in [0, 0.05) is 7.11 Å². The molecule has 1 aromatic carbocycles. The van der Waals surface area contributed by atoms with Crippen molar-refractivity contribution in [3.63, 3.8) is 0 Å². The van der Waals surface area contributed by atoms with E-state index in [1.165, 1.54) is 7.11 Å². The summed E-state index contributed by atoms with van der Waals surface area (Å²) in [5.41, 5.74) is 0. The summed E-state index contributed by atoms with van der Waals surface area (Å²) in [6.07, 6.45) is 0. The number of esters is 1. The highest BCUT2D eigenvalue weighted by molar-refractivity contribution is 6.37. The van der Waals surface area contributed by atoms with Gasteiger partial charge < -0.3 is 9.47 Å². The Morgan fingerprint density at radius 1 is 1.36 bits per heavy atom. The smallest absolute Gasteiger partial charge is 0.337 e. The lowest BCUT2D eigenvalue weighted by atomic mass is 10.3. The molecular formula is C9H8Cl2O3. The van der Waals surface area contributed by atoms with Crippen molar-refractivity contribution in [3.05, 3.63) is 28.2 Å². The van der Waals surface area contributed by atoms with Crippen LogP contribution in [-0.2, 0) is 9.53 Å². The number of halogens is 2. The first-order valence-corrected chi connectivity index (χ1v) is 4.54. The van der Waals surface area contributed by atoms with Crippen LogP contribution < -0.4 is 4.74 Å². The number of ether oxygens (including phenoxy) is 2. The molecule has 1 rings (SSSR count). The number of carbonyl (C=O) groups excluding carboxylic acids is 1. The molecule has 0 aliphatic rings. The fourth-order valence-corrected chi connectivity index (χ4v) is 1.32. The quantitative estimate of drug-likeness (QED) is 0.596. The number of para-hydroxylation sites is 1. The van der Waals surface area contributed by atoms with E-state index in [0.717, 1.165) is 0 Å². The van der Waals surface area contributed by atoms with Gasteiger partial charge in [-0.05, 0) is 12.1 Å². The molecule has 0 radical (unpaired) electrons. The summed E-state index contributed by atoms with van der Waals surface area (Å²) in [6.45, 7) is -0.137. The molecule has 0 spiro atoms. The van der Waals surface area contributed by atoms with Gasteiger partial charge in [0.25, 0.3) is 0 Å². The van der Waals surface area contributed by atoms with Crippen LogP contribution in [0.4, 0.5) is 0 Å². The zero-order valence-electron chi connectivity index (χ0n) is 7.42. The lowest BCUT2D eigenvalue weighted by molar-refractivity contribution is -0.138. The van der Waals surface area contributed by atoms with Crippen LogP contribution in [0.15, 0.2) is 18.2 Å². The summed E-state index contributed by atoms with van der Waals surface area (Å²) in [6, 6.07) is 4.84. The minimum Gasteiger partial charge on any atom is -0.422 e. The monoisotopic (exact) mass is 234 g/mol. The third kappa shape index (κ3) is 2.87. The normalized spacial score (nSPS) is 9.93. The Labute approximate surface area is 91.5 Å². The summed E-state index contributed by atoms with van der Waals surface area (Å²) >= 11 is 11.5. The summed E-state index contributed by atoms with van der Waals surface area (Å²) in [5.74, 6) is -0.375. The Hall–Kier alpha value is -0.770. The molecule has 0 saturated carbocycles. The van der Waals surface area contributed by atoms with Crippen LogP contribution in [0.2, 0.25) is 10.0 Å². The van der Waals surface area contributed by atoms with E-state index in [2.05, 4.69) is 4.74 Å². The highest BCUT2D eigenvalue weighted by atomic mass is 35.5. The molecule has 76 valence electrons. The van der Waals surface area contributed by atoms with Crippen LogP contribution in [0, 0.1) is 0 Å². The van der Waals surface area contributed by atoms with Gasteiger partial charge in [-0.15, -0.1) is 0 Å². The highest BCUT2D eigenvalue weighted by Gasteiger charge is 2.11. The molecule has 0 atom stereocenters.